The monoisotopic (exact) mass is 368 g/mol. The highest BCUT2D eigenvalue weighted by Gasteiger charge is 2.27. The quantitative estimate of drug-likeness (QED) is 0.712. The summed E-state index contributed by atoms with van der Waals surface area (Å²) >= 11 is 5.89. The molecule has 0 radical (unpaired) electrons. The molecule has 1 atom stereocenters. The number of fused-ring (bicyclic) bond motifs is 1. The van der Waals surface area contributed by atoms with Crippen LogP contribution in [0.25, 0.3) is 11.0 Å². The summed E-state index contributed by atoms with van der Waals surface area (Å²) < 4.78 is 14.2. The van der Waals surface area contributed by atoms with Crippen LogP contribution in [0.5, 0.6) is 0 Å². The molecular formula is C16H22ClFN4OSi. The van der Waals surface area contributed by atoms with Gasteiger partial charge >= 0.3 is 0 Å². The second-order valence-electron chi connectivity index (χ2n) is 7.23. The average Bonchev–Trinajstić information content (AvgIpc) is 2.86. The normalized spacial score (nSPS) is 20.8. The summed E-state index contributed by atoms with van der Waals surface area (Å²) in [5, 5.41) is 6.65. The van der Waals surface area contributed by atoms with Crippen LogP contribution in [0.15, 0.2) is 6.07 Å². The molecule has 3 heterocycles. The summed E-state index contributed by atoms with van der Waals surface area (Å²) in [6.07, 6.45) is 2.94. The lowest BCUT2D eigenvalue weighted by atomic mass is 10.2. The van der Waals surface area contributed by atoms with Crippen LogP contribution in [-0.2, 0) is 0 Å². The molecule has 2 aromatic rings. The maximum Gasteiger partial charge on any atom is 0.268 e. The minimum atomic E-state index is -1.20. The molecule has 5 nitrogen and oxygen atoms in total. The first-order valence-electron chi connectivity index (χ1n) is 8.15. The van der Waals surface area contributed by atoms with E-state index in [-0.39, 0.29) is 22.5 Å². The largest absolute Gasteiger partial charge is 0.335 e. The van der Waals surface area contributed by atoms with Gasteiger partial charge in [-0.25, -0.2) is 9.37 Å². The Bertz CT molecular complexity index is 792. The van der Waals surface area contributed by atoms with Gasteiger partial charge < -0.3 is 15.6 Å². The minimum Gasteiger partial charge on any atom is -0.335 e. The standard InChI is InChI=1S/C16H22ClFN4OSi/c1-9-13(17)14(18)10-7-11(21-15(10)20-9)16(23)22-12-5-4-6-24(2,3)8-19-12/h7,12,19H,4-6,8H2,1-3H3,(H,20,21)(H,22,23)/t12-/m0/s1. The average molecular weight is 369 g/mol. The van der Waals surface area contributed by atoms with Gasteiger partial charge in [0.05, 0.1) is 30.3 Å². The van der Waals surface area contributed by atoms with Crippen LogP contribution < -0.4 is 10.6 Å². The number of aromatic nitrogens is 2. The topological polar surface area (TPSA) is 69.8 Å². The number of hydrogen-bond donors (Lipinski definition) is 3. The molecule has 1 saturated heterocycles. The molecule has 1 fully saturated rings. The number of hydrogen-bond acceptors (Lipinski definition) is 3. The van der Waals surface area contributed by atoms with E-state index in [1.54, 1.807) is 6.92 Å². The van der Waals surface area contributed by atoms with E-state index >= 15 is 0 Å². The summed E-state index contributed by atoms with van der Waals surface area (Å²) in [4.78, 5) is 19.6. The lowest BCUT2D eigenvalue weighted by molar-refractivity contribution is 0.0924. The molecule has 0 aliphatic carbocycles. The van der Waals surface area contributed by atoms with Crippen molar-refractivity contribution in [2.75, 3.05) is 6.17 Å². The molecule has 0 spiro atoms. The van der Waals surface area contributed by atoms with Gasteiger partial charge in [-0.1, -0.05) is 37.2 Å². The first kappa shape index (κ1) is 17.4. The fourth-order valence-corrected chi connectivity index (χ4v) is 5.33. The van der Waals surface area contributed by atoms with Crippen molar-refractivity contribution < 1.29 is 9.18 Å². The molecule has 1 aliphatic heterocycles. The first-order chi connectivity index (χ1) is 11.3. The Morgan fingerprint density at radius 2 is 2.25 bits per heavy atom. The van der Waals surface area contributed by atoms with E-state index in [9.17, 15) is 9.18 Å². The number of aryl methyl sites for hydroxylation is 1. The summed E-state index contributed by atoms with van der Waals surface area (Å²) in [5.41, 5.74) is 1.02. The van der Waals surface area contributed by atoms with Gasteiger partial charge in [0.1, 0.15) is 11.3 Å². The van der Waals surface area contributed by atoms with E-state index in [1.165, 1.54) is 12.1 Å². The number of amides is 1. The Kier molecular flexibility index (Phi) is 4.68. The van der Waals surface area contributed by atoms with E-state index in [1.807, 2.05) is 0 Å². The highest BCUT2D eigenvalue weighted by atomic mass is 35.5. The molecule has 130 valence electrons. The van der Waals surface area contributed by atoms with Gasteiger partial charge in [-0.3, -0.25) is 4.79 Å². The molecule has 1 amide bonds. The lowest BCUT2D eigenvalue weighted by Gasteiger charge is -2.21. The fraction of sp³-hybridized carbons (Fsp3) is 0.500. The Labute approximate surface area is 146 Å². The predicted molar refractivity (Wildman–Crippen MR) is 96.6 cm³/mol. The van der Waals surface area contributed by atoms with Crippen molar-refractivity contribution in [1.29, 1.82) is 0 Å². The van der Waals surface area contributed by atoms with E-state index in [2.05, 4.69) is 33.7 Å². The van der Waals surface area contributed by atoms with Crippen LogP contribution in [0, 0.1) is 12.7 Å². The first-order valence-corrected chi connectivity index (χ1v) is 11.9. The maximum absolute atomic E-state index is 14.2. The maximum atomic E-state index is 14.2. The lowest BCUT2D eigenvalue weighted by Crippen LogP contribution is -2.49. The second-order valence-corrected chi connectivity index (χ2v) is 12.8. The molecule has 0 unspecified atom stereocenters. The molecule has 0 bridgehead atoms. The van der Waals surface area contributed by atoms with Gasteiger partial charge in [0.15, 0.2) is 5.82 Å². The van der Waals surface area contributed by atoms with Gasteiger partial charge in [-0.05, 0) is 25.6 Å². The van der Waals surface area contributed by atoms with Crippen LogP contribution in [-0.4, -0.2) is 36.3 Å². The number of pyridine rings is 1. The van der Waals surface area contributed by atoms with Gasteiger partial charge in [-0.15, -0.1) is 0 Å². The zero-order chi connectivity index (χ0) is 17.5. The van der Waals surface area contributed by atoms with E-state index < -0.39 is 13.9 Å². The SMILES string of the molecule is Cc1nc2[nH]c(C(=O)N[C@H]3CCC[Si](C)(C)CN3)cc2c(F)c1Cl. The van der Waals surface area contributed by atoms with Crippen LogP contribution in [0.2, 0.25) is 24.2 Å². The van der Waals surface area contributed by atoms with Crippen LogP contribution in [0.1, 0.15) is 29.0 Å². The number of rotatable bonds is 2. The van der Waals surface area contributed by atoms with E-state index in [0.717, 1.165) is 19.0 Å². The van der Waals surface area contributed by atoms with Crippen LogP contribution in [0.4, 0.5) is 4.39 Å². The molecule has 2 aromatic heterocycles. The number of carbonyl (C=O) groups excluding carboxylic acids is 1. The van der Waals surface area contributed by atoms with E-state index in [4.69, 9.17) is 11.6 Å². The Balaban J connectivity index is 1.78. The molecule has 3 N–H and O–H groups in total. The number of nitrogens with zero attached hydrogens (tertiary/aromatic N) is 1. The Morgan fingerprint density at radius 3 is 3.00 bits per heavy atom. The van der Waals surface area contributed by atoms with Crippen molar-refractivity contribution in [3.63, 3.8) is 0 Å². The summed E-state index contributed by atoms with van der Waals surface area (Å²) in [5.74, 6) is -0.810. The van der Waals surface area contributed by atoms with Crippen molar-refractivity contribution in [3.05, 3.63) is 28.3 Å². The minimum absolute atomic E-state index is 0.00826. The van der Waals surface area contributed by atoms with Crippen LogP contribution >= 0.6 is 11.6 Å². The fourth-order valence-electron chi connectivity index (χ4n) is 3.05. The molecule has 0 aromatic carbocycles. The third-order valence-corrected chi connectivity index (χ3v) is 7.85. The van der Waals surface area contributed by atoms with Gasteiger partial charge in [-0.2, -0.15) is 0 Å². The van der Waals surface area contributed by atoms with Gasteiger partial charge in [0, 0.05) is 0 Å². The zero-order valence-corrected chi connectivity index (χ0v) is 15.9. The van der Waals surface area contributed by atoms with Crippen LogP contribution in [0.3, 0.4) is 0 Å². The van der Waals surface area contributed by atoms with Gasteiger partial charge in [0.2, 0.25) is 0 Å². The highest BCUT2D eigenvalue weighted by Crippen LogP contribution is 2.26. The number of nitrogens with one attached hydrogen (secondary N) is 3. The number of H-pyrrole nitrogens is 1. The van der Waals surface area contributed by atoms with Gasteiger partial charge in [0.25, 0.3) is 5.91 Å². The smallest absolute Gasteiger partial charge is 0.268 e. The highest BCUT2D eigenvalue weighted by molar-refractivity contribution is 6.77. The second kappa shape index (κ2) is 6.46. The molecule has 24 heavy (non-hydrogen) atoms. The molecular weight excluding hydrogens is 347 g/mol. The third kappa shape index (κ3) is 3.48. The molecule has 3 rings (SSSR count). The third-order valence-electron chi connectivity index (χ3n) is 4.55. The van der Waals surface area contributed by atoms with Crippen molar-refractivity contribution in [1.82, 2.24) is 20.6 Å². The molecule has 8 heteroatoms. The Morgan fingerprint density at radius 1 is 1.50 bits per heavy atom. The summed E-state index contributed by atoms with van der Waals surface area (Å²) in [7, 11) is -1.20. The molecule has 1 aliphatic rings. The van der Waals surface area contributed by atoms with Crippen molar-refractivity contribution in [2.24, 2.45) is 0 Å². The summed E-state index contributed by atoms with van der Waals surface area (Å²) in [6, 6.07) is 2.72. The van der Waals surface area contributed by atoms with Crippen molar-refractivity contribution in [2.45, 2.75) is 45.1 Å². The van der Waals surface area contributed by atoms with Crippen molar-refractivity contribution in [3.8, 4) is 0 Å². The van der Waals surface area contributed by atoms with E-state index in [0.29, 0.717) is 17.0 Å². The molecule has 0 saturated carbocycles. The Hall–Kier alpha value is -1.44. The number of aromatic amines is 1. The summed E-state index contributed by atoms with van der Waals surface area (Å²) in [6.45, 7) is 6.33. The van der Waals surface area contributed by atoms with Crippen molar-refractivity contribution >= 4 is 36.6 Å². The zero-order valence-electron chi connectivity index (χ0n) is 14.1. The number of carbonyl (C=O) groups is 1. The predicted octanol–water partition coefficient (Wildman–Crippen LogP) is 3.35. The number of halogens is 2.